The van der Waals surface area contributed by atoms with Crippen molar-refractivity contribution in [3.8, 4) is 0 Å². The van der Waals surface area contributed by atoms with Crippen molar-refractivity contribution in [1.29, 1.82) is 0 Å². The van der Waals surface area contributed by atoms with Crippen LogP contribution >= 0.6 is 0 Å². The summed E-state index contributed by atoms with van der Waals surface area (Å²) in [6.07, 6.45) is 0. The Morgan fingerprint density at radius 3 is 2.64 bits per heavy atom. The zero-order valence-electron chi connectivity index (χ0n) is 12.9. The quantitative estimate of drug-likeness (QED) is 0.633. The number of hydrogen-bond donors (Lipinski definition) is 2. The molecule has 0 aliphatic carbocycles. The van der Waals surface area contributed by atoms with Gasteiger partial charge in [-0.3, -0.25) is 10.1 Å². The molecule has 0 aliphatic rings. The van der Waals surface area contributed by atoms with E-state index in [0.717, 1.165) is 11.3 Å². The van der Waals surface area contributed by atoms with Crippen LogP contribution in [0.4, 0.5) is 5.69 Å². The Bertz CT molecular complexity index is 677. The maximum atomic E-state index is 11.0. The Kier molecular flexibility index (Phi) is 4.63. The lowest BCUT2D eigenvalue weighted by molar-refractivity contribution is -0.385. The molecule has 0 fully saturated rings. The fourth-order valence-electron chi connectivity index (χ4n) is 2.54. The van der Waals surface area contributed by atoms with Crippen molar-refractivity contribution < 1.29 is 14.4 Å². The first kappa shape index (κ1) is 16.2. The third-order valence-electron chi connectivity index (χ3n) is 3.59. The fourth-order valence-corrected chi connectivity index (χ4v) is 2.54. The van der Waals surface area contributed by atoms with Gasteiger partial charge in [-0.25, -0.2) is 0 Å². The van der Waals surface area contributed by atoms with Gasteiger partial charge in [-0.1, -0.05) is 18.2 Å². The van der Waals surface area contributed by atoms with E-state index >= 15 is 0 Å². The van der Waals surface area contributed by atoms with Crippen molar-refractivity contribution >= 4 is 5.69 Å². The lowest BCUT2D eigenvalue weighted by atomic mass is 9.96. The molecule has 2 rings (SSSR count). The molecule has 0 saturated heterocycles. The van der Waals surface area contributed by atoms with Crippen LogP contribution in [0.25, 0.3) is 0 Å². The van der Waals surface area contributed by atoms with Gasteiger partial charge < -0.3 is 14.8 Å². The van der Waals surface area contributed by atoms with Gasteiger partial charge in [0.2, 0.25) is 0 Å². The summed E-state index contributed by atoms with van der Waals surface area (Å²) in [5, 5.41) is 24.6. The maximum absolute atomic E-state index is 11.0. The van der Waals surface area contributed by atoms with Gasteiger partial charge in [0.25, 0.3) is 5.69 Å². The van der Waals surface area contributed by atoms with E-state index in [0.29, 0.717) is 17.9 Å². The molecule has 1 aromatic heterocycles. The molecule has 0 saturated carbocycles. The summed E-state index contributed by atoms with van der Waals surface area (Å²) >= 11 is 0. The van der Waals surface area contributed by atoms with Gasteiger partial charge in [-0.05, 0) is 26.8 Å². The SMILES string of the molecule is Cc1cc(C(C)(O)CNCc2ccccc2[N+](=O)[O-])c(C)o1. The maximum Gasteiger partial charge on any atom is 0.273 e. The zero-order valence-corrected chi connectivity index (χ0v) is 12.9. The summed E-state index contributed by atoms with van der Waals surface area (Å²) < 4.78 is 5.44. The van der Waals surface area contributed by atoms with E-state index in [1.165, 1.54) is 6.07 Å². The molecular weight excluding hydrogens is 284 g/mol. The van der Waals surface area contributed by atoms with E-state index in [-0.39, 0.29) is 12.2 Å². The smallest absolute Gasteiger partial charge is 0.273 e. The zero-order chi connectivity index (χ0) is 16.3. The van der Waals surface area contributed by atoms with Gasteiger partial charge in [-0.2, -0.15) is 0 Å². The van der Waals surface area contributed by atoms with E-state index in [1.807, 2.05) is 13.0 Å². The number of nitrogens with zero attached hydrogens (tertiary/aromatic N) is 1. The van der Waals surface area contributed by atoms with Crippen molar-refractivity contribution in [2.24, 2.45) is 0 Å². The van der Waals surface area contributed by atoms with Gasteiger partial charge in [0.1, 0.15) is 17.1 Å². The number of rotatable bonds is 6. The number of para-hydroxylation sites is 1. The molecule has 0 aliphatic heterocycles. The first-order valence-electron chi connectivity index (χ1n) is 7.04. The number of nitrogens with one attached hydrogen (secondary N) is 1. The molecule has 6 nitrogen and oxygen atoms in total. The molecule has 2 aromatic rings. The highest BCUT2D eigenvalue weighted by Gasteiger charge is 2.27. The summed E-state index contributed by atoms with van der Waals surface area (Å²) in [5.74, 6) is 1.42. The normalized spacial score (nSPS) is 13.8. The average Bonchev–Trinajstić information content (AvgIpc) is 2.79. The molecule has 118 valence electrons. The number of nitro benzene ring substituents is 1. The molecule has 0 amide bonds. The predicted octanol–water partition coefficient (Wildman–Crippen LogP) is 2.80. The first-order valence-corrected chi connectivity index (χ1v) is 7.04. The number of nitro groups is 1. The molecule has 1 unspecified atom stereocenters. The Morgan fingerprint density at radius 1 is 1.36 bits per heavy atom. The minimum Gasteiger partial charge on any atom is -0.466 e. The van der Waals surface area contributed by atoms with Crippen molar-refractivity contribution in [2.75, 3.05) is 6.54 Å². The van der Waals surface area contributed by atoms with E-state index in [9.17, 15) is 15.2 Å². The molecule has 1 aromatic carbocycles. The largest absolute Gasteiger partial charge is 0.466 e. The number of aryl methyl sites for hydroxylation is 2. The first-order chi connectivity index (χ1) is 10.3. The van der Waals surface area contributed by atoms with Crippen molar-refractivity contribution in [3.05, 3.63) is 63.1 Å². The fraction of sp³-hybridized carbons (Fsp3) is 0.375. The van der Waals surface area contributed by atoms with Crippen LogP contribution in [0.5, 0.6) is 0 Å². The summed E-state index contributed by atoms with van der Waals surface area (Å²) in [5.41, 5.74) is 0.277. The Labute approximate surface area is 128 Å². The van der Waals surface area contributed by atoms with E-state index in [2.05, 4.69) is 5.32 Å². The van der Waals surface area contributed by atoms with E-state index in [1.54, 1.807) is 32.0 Å². The summed E-state index contributed by atoms with van der Waals surface area (Å²) in [6.45, 7) is 5.89. The Hall–Kier alpha value is -2.18. The summed E-state index contributed by atoms with van der Waals surface area (Å²) in [4.78, 5) is 10.6. The second kappa shape index (κ2) is 6.29. The second-order valence-corrected chi connectivity index (χ2v) is 5.59. The highest BCUT2D eigenvalue weighted by molar-refractivity contribution is 5.39. The van der Waals surface area contributed by atoms with Crippen LogP contribution in [0.3, 0.4) is 0 Å². The van der Waals surface area contributed by atoms with Crippen LogP contribution in [0.2, 0.25) is 0 Å². The lowest BCUT2D eigenvalue weighted by Gasteiger charge is -2.23. The van der Waals surface area contributed by atoms with Crippen LogP contribution in [0.1, 0.15) is 29.6 Å². The monoisotopic (exact) mass is 304 g/mol. The summed E-state index contributed by atoms with van der Waals surface area (Å²) in [6, 6.07) is 8.37. The molecule has 22 heavy (non-hydrogen) atoms. The van der Waals surface area contributed by atoms with Crippen molar-refractivity contribution in [2.45, 2.75) is 32.9 Å². The molecule has 2 N–H and O–H groups in total. The molecule has 1 atom stereocenters. The van der Waals surface area contributed by atoms with Crippen LogP contribution in [0.15, 0.2) is 34.7 Å². The highest BCUT2D eigenvalue weighted by atomic mass is 16.6. The third-order valence-corrected chi connectivity index (χ3v) is 3.59. The molecule has 0 bridgehead atoms. The Balaban J connectivity index is 2.05. The minimum absolute atomic E-state index is 0.0741. The molecule has 0 spiro atoms. The van der Waals surface area contributed by atoms with Gasteiger partial charge in [0.15, 0.2) is 0 Å². The molecule has 0 radical (unpaired) electrons. The topological polar surface area (TPSA) is 88.5 Å². The highest BCUT2D eigenvalue weighted by Crippen LogP contribution is 2.26. The molecular formula is C16H20N2O4. The van der Waals surface area contributed by atoms with Crippen molar-refractivity contribution in [3.63, 3.8) is 0 Å². The van der Waals surface area contributed by atoms with E-state index in [4.69, 9.17) is 4.42 Å². The van der Waals surface area contributed by atoms with Gasteiger partial charge in [0, 0.05) is 30.3 Å². The number of hydrogen-bond acceptors (Lipinski definition) is 5. The van der Waals surface area contributed by atoms with Crippen LogP contribution in [0, 0.1) is 24.0 Å². The summed E-state index contributed by atoms with van der Waals surface area (Å²) in [7, 11) is 0. The lowest BCUT2D eigenvalue weighted by Crippen LogP contribution is -2.35. The van der Waals surface area contributed by atoms with Crippen LogP contribution in [-0.4, -0.2) is 16.6 Å². The second-order valence-electron chi connectivity index (χ2n) is 5.59. The Morgan fingerprint density at radius 2 is 2.05 bits per heavy atom. The molecule has 1 heterocycles. The van der Waals surface area contributed by atoms with Crippen molar-refractivity contribution in [1.82, 2.24) is 5.32 Å². The number of furan rings is 1. The minimum atomic E-state index is -1.11. The average molecular weight is 304 g/mol. The predicted molar refractivity (Wildman–Crippen MR) is 82.6 cm³/mol. The van der Waals surface area contributed by atoms with Gasteiger partial charge in [-0.15, -0.1) is 0 Å². The van der Waals surface area contributed by atoms with Crippen LogP contribution < -0.4 is 5.32 Å². The van der Waals surface area contributed by atoms with Gasteiger partial charge >= 0.3 is 0 Å². The standard InChI is InChI=1S/C16H20N2O4/c1-11-8-14(12(2)22-11)16(3,19)10-17-9-13-6-4-5-7-15(13)18(20)21/h4-8,17,19H,9-10H2,1-3H3. The van der Waals surface area contributed by atoms with Gasteiger partial charge in [0.05, 0.1) is 4.92 Å². The van der Waals surface area contributed by atoms with E-state index < -0.39 is 10.5 Å². The molecule has 6 heteroatoms. The number of aliphatic hydroxyl groups is 1. The van der Waals surface area contributed by atoms with Crippen LogP contribution in [-0.2, 0) is 12.1 Å². The third kappa shape index (κ3) is 3.52. The number of benzene rings is 1.